The van der Waals surface area contributed by atoms with Crippen molar-refractivity contribution < 1.29 is 9.84 Å². The first kappa shape index (κ1) is 18.9. The van der Waals surface area contributed by atoms with Crippen LogP contribution >= 0.6 is 0 Å². The van der Waals surface area contributed by atoms with Gasteiger partial charge >= 0.3 is 0 Å². The smallest absolute Gasteiger partial charge is 0.141 e. The summed E-state index contributed by atoms with van der Waals surface area (Å²) in [7, 11) is 0. The molecule has 1 unspecified atom stereocenters. The van der Waals surface area contributed by atoms with Gasteiger partial charge in [-0.25, -0.2) is 0 Å². The second-order valence-corrected chi connectivity index (χ2v) is 7.44. The first-order chi connectivity index (χ1) is 13.8. The molecule has 2 aromatic rings. The van der Waals surface area contributed by atoms with E-state index in [4.69, 9.17) is 4.74 Å². The van der Waals surface area contributed by atoms with Crippen LogP contribution in [0.3, 0.4) is 0 Å². The molecule has 2 aromatic carbocycles. The fraction of sp³-hybridized carbons (Fsp3) is 0.455. The summed E-state index contributed by atoms with van der Waals surface area (Å²) in [5.41, 5.74) is 4.37. The molecule has 0 amide bonds. The minimum absolute atomic E-state index is 0.431. The summed E-state index contributed by atoms with van der Waals surface area (Å²) in [5, 5.41) is 17.0. The van der Waals surface area contributed by atoms with E-state index < -0.39 is 6.23 Å². The fourth-order valence-electron chi connectivity index (χ4n) is 3.86. The molecule has 150 valence electrons. The second kappa shape index (κ2) is 9.17. The van der Waals surface area contributed by atoms with Gasteiger partial charge < -0.3 is 30.3 Å². The maximum atomic E-state index is 10.4. The Hall–Kier alpha value is -2.44. The van der Waals surface area contributed by atoms with Crippen molar-refractivity contribution in [1.82, 2.24) is 0 Å². The first-order valence-electron chi connectivity index (χ1n) is 10.2. The number of nitrogens with one attached hydrogen (secondary N) is 2. The number of hydrogen-bond donors (Lipinski definition) is 3. The van der Waals surface area contributed by atoms with Crippen LogP contribution in [0.2, 0.25) is 0 Å². The summed E-state index contributed by atoms with van der Waals surface area (Å²) in [4.78, 5) is 4.72. The van der Waals surface area contributed by atoms with E-state index in [-0.39, 0.29) is 0 Å². The predicted octanol–water partition coefficient (Wildman–Crippen LogP) is 2.97. The van der Waals surface area contributed by atoms with E-state index in [9.17, 15) is 5.11 Å². The Bertz CT molecular complexity index is 758. The standard InChI is InChI=1S/C22H30N4O2/c27-22(24-19-6-4-8-21(16-19)25-9-1-2-10-25)17-23-18-5-3-7-20(15-18)26-11-13-28-14-12-26/h3-8,15-16,22-24,27H,1-2,9-14,17H2. The molecule has 0 spiro atoms. The first-order valence-corrected chi connectivity index (χ1v) is 10.2. The van der Waals surface area contributed by atoms with Gasteiger partial charge in [-0.15, -0.1) is 0 Å². The molecule has 0 bridgehead atoms. The molecule has 4 rings (SSSR count). The van der Waals surface area contributed by atoms with Crippen LogP contribution in [0, 0.1) is 0 Å². The van der Waals surface area contributed by atoms with Gasteiger partial charge in [-0.3, -0.25) is 0 Å². The quantitative estimate of drug-likeness (QED) is 0.640. The van der Waals surface area contributed by atoms with Gasteiger partial charge in [-0.05, 0) is 49.2 Å². The van der Waals surface area contributed by atoms with E-state index >= 15 is 0 Å². The third-order valence-corrected chi connectivity index (χ3v) is 5.37. The van der Waals surface area contributed by atoms with Crippen molar-refractivity contribution in [3.05, 3.63) is 48.5 Å². The molecule has 0 aromatic heterocycles. The molecular formula is C22H30N4O2. The van der Waals surface area contributed by atoms with Crippen LogP contribution in [0.25, 0.3) is 0 Å². The third-order valence-electron chi connectivity index (χ3n) is 5.37. The molecule has 2 aliphatic heterocycles. The Kier molecular flexibility index (Phi) is 6.19. The monoisotopic (exact) mass is 382 g/mol. The summed E-state index contributed by atoms with van der Waals surface area (Å²) in [5.74, 6) is 0. The molecule has 0 saturated carbocycles. The highest BCUT2D eigenvalue weighted by atomic mass is 16.5. The summed E-state index contributed by atoms with van der Waals surface area (Å²) in [6.45, 7) is 6.05. The molecule has 0 aliphatic carbocycles. The second-order valence-electron chi connectivity index (χ2n) is 7.44. The van der Waals surface area contributed by atoms with E-state index in [0.29, 0.717) is 6.54 Å². The lowest BCUT2D eigenvalue weighted by atomic mass is 10.2. The lowest BCUT2D eigenvalue weighted by Gasteiger charge is -2.29. The Labute approximate surface area is 167 Å². The Balaban J connectivity index is 1.31. The Morgan fingerprint density at radius 3 is 2.18 bits per heavy atom. The Morgan fingerprint density at radius 2 is 1.46 bits per heavy atom. The lowest BCUT2D eigenvalue weighted by Crippen LogP contribution is -2.36. The maximum Gasteiger partial charge on any atom is 0.141 e. The minimum atomic E-state index is -0.666. The predicted molar refractivity (Wildman–Crippen MR) is 115 cm³/mol. The highest BCUT2D eigenvalue weighted by Gasteiger charge is 2.14. The SMILES string of the molecule is OC(CNc1cccc(N2CCOCC2)c1)Nc1cccc(N2CCCC2)c1. The summed E-state index contributed by atoms with van der Waals surface area (Å²) in [6, 6.07) is 16.6. The average Bonchev–Trinajstić information content (AvgIpc) is 3.28. The Morgan fingerprint density at radius 1 is 0.857 bits per heavy atom. The van der Waals surface area contributed by atoms with Gasteiger partial charge in [0.15, 0.2) is 0 Å². The van der Waals surface area contributed by atoms with E-state index in [2.05, 4.69) is 44.7 Å². The average molecular weight is 383 g/mol. The van der Waals surface area contributed by atoms with Gasteiger partial charge in [0.25, 0.3) is 0 Å². The van der Waals surface area contributed by atoms with Crippen molar-refractivity contribution in [1.29, 1.82) is 0 Å². The van der Waals surface area contributed by atoms with Gasteiger partial charge in [-0.2, -0.15) is 0 Å². The van der Waals surface area contributed by atoms with E-state index in [1.54, 1.807) is 0 Å². The largest absolute Gasteiger partial charge is 0.380 e. The van der Waals surface area contributed by atoms with Crippen LogP contribution in [-0.2, 0) is 4.74 Å². The zero-order valence-corrected chi connectivity index (χ0v) is 16.3. The molecule has 2 saturated heterocycles. The van der Waals surface area contributed by atoms with Crippen molar-refractivity contribution in [3.8, 4) is 0 Å². The number of anilines is 4. The van der Waals surface area contributed by atoms with Crippen LogP contribution in [0.4, 0.5) is 22.7 Å². The van der Waals surface area contributed by atoms with Gasteiger partial charge in [0.05, 0.1) is 19.8 Å². The van der Waals surface area contributed by atoms with Crippen LogP contribution < -0.4 is 20.4 Å². The molecule has 28 heavy (non-hydrogen) atoms. The third kappa shape index (κ3) is 4.88. The number of morpholine rings is 1. The minimum Gasteiger partial charge on any atom is -0.380 e. The van der Waals surface area contributed by atoms with Crippen molar-refractivity contribution in [2.24, 2.45) is 0 Å². The van der Waals surface area contributed by atoms with Crippen LogP contribution in [0.15, 0.2) is 48.5 Å². The van der Waals surface area contributed by atoms with Crippen molar-refractivity contribution in [2.75, 3.05) is 66.4 Å². The molecule has 6 nitrogen and oxygen atoms in total. The number of hydrogen-bond acceptors (Lipinski definition) is 6. The molecule has 1 atom stereocenters. The highest BCUT2D eigenvalue weighted by molar-refractivity contribution is 5.60. The number of ether oxygens (including phenoxy) is 1. The van der Waals surface area contributed by atoms with Gasteiger partial charge in [0.2, 0.25) is 0 Å². The van der Waals surface area contributed by atoms with Crippen molar-refractivity contribution >= 4 is 22.7 Å². The van der Waals surface area contributed by atoms with Crippen molar-refractivity contribution in [3.63, 3.8) is 0 Å². The topological polar surface area (TPSA) is 60.0 Å². The normalized spacial score (nSPS) is 18.2. The zero-order valence-electron chi connectivity index (χ0n) is 16.3. The van der Waals surface area contributed by atoms with E-state index in [0.717, 1.165) is 50.8 Å². The number of benzene rings is 2. The number of aliphatic hydroxyl groups excluding tert-OH is 1. The molecule has 2 heterocycles. The molecule has 0 radical (unpaired) electrons. The number of aliphatic hydroxyl groups is 1. The number of rotatable bonds is 7. The number of nitrogens with zero attached hydrogens (tertiary/aromatic N) is 2. The fourth-order valence-corrected chi connectivity index (χ4v) is 3.86. The molecule has 2 aliphatic rings. The van der Waals surface area contributed by atoms with Crippen LogP contribution in [0.1, 0.15) is 12.8 Å². The molecule has 2 fully saturated rings. The summed E-state index contributed by atoms with van der Waals surface area (Å²) < 4.78 is 5.43. The summed E-state index contributed by atoms with van der Waals surface area (Å²) in [6.07, 6.45) is 1.85. The van der Waals surface area contributed by atoms with Crippen LogP contribution in [-0.4, -0.2) is 57.3 Å². The lowest BCUT2D eigenvalue weighted by molar-refractivity contribution is 0.122. The van der Waals surface area contributed by atoms with Gasteiger partial charge in [-0.1, -0.05) is 12.1 Å². The summed E-state index contributed by atoms with van der Waals surface area (Å²) >= 11 is 0. The molecular weight excluding hydrogens is 352 g/mol. The van der Waals surface area contributed by atoms with Gasteiger partial charge in [0.1, 0.15) is 6.23 Å². The van der Waals surface area contributed by atoms with E-state index in [1.165, 1.54) is 24.2 Å². The molecule has 6 heteroatoms. The highest BCUT2D eigenvalue weighted by Crippen LogP contribution is 2.24. The van der Waals surface area contributed by atoms with Gasteiger partial charge in [0, 0.05) is 48.9 Å². The zero-order chi connectivity index (χ0) is 19.2. The van der Waals surface area contributed by atoms with Crippen LogP contribution in [0.5, 0.6) is 0 Å². The van der Waals surface area contributed by atoms with Crippen molar-refractivity contribution in [2.45, 2.75) is 19.1 Å². The molecule has 3 N–H and O–H groups in total. The van der Waals surface area contributed by atoms with E-state index in [1.807, 2.05) is 24.3 Å². The maximum absolute atomic E-state index is 10.4.